The van der Waals surface area contributed by atoms with Crippen LogP contribution in [0.3, 0.4) is 0 Å². The number of piperidine rings is 1. The normalized spacial score (nSPS) is 14.0. The van der Waals surface area contributed by atoms with E-state index in [0.717, 1.165) is 85.3 Å². The van der Waals surface area contributed by atoms with E-state index in [4.69, 9.17) is 14.2 Å². The van der Waals surface area contributed by atoms with E-state index >= 15 is 0 Å². The monoisotopic (exact) mass is 663 g/mol. The molecule has 244 valence electrons. The Morgan fingerprint density at radius 1 is 0.653 bits per heavy atom. The molecule has 1 fully saturated rings. The fourth-order valence-electron chi connectivity index (χ4n) is 6.63. The molecule has 49 heavy (non-hydrogen) atoms. The van der Waals surface area contributed by atoms with Crippen molar-refractivity contribution in [3.8, 4) is 17.2 Å². The van der Waals surface area contributed by atoms with Crippen LogP contribution in [0.1, 0.15) is 39.9 Å². The molecule has 0 spiro atoms. The summed E-state index contributed by atoms with van der Waals surface area (Å²) in [7, 11) is 2.15. The number of carbonyl (C=O) groups excluding carboxylic acids is 1. The maximum Gasteiger partial charge on any atom is 0.193 e. The van der Waals surface area contributed by atoms with Gasteiger partial charge in [-0.3, -0.25) is 4.79 Å². The minimum atomic E-state index is -0.0257. The molecule has 0 N–H and O–H groups in total. The summed E-state index contributed by atoms with van der Waals surface area (Å²) >= 11 is 1.69. The van der Waals surface area contributed by atoms with Gasteiger partial charge in [-0.15, -0.1) is 11.3 Å². The number of hydrogen-bond acceptors (Lipinski definition) is 6. The van der Waals surface area contributed by atoms with Crippen LogP contribution in [0.15, 0.2) is 127 Å². The van der Waals surface area contributed by atoms with Crippen molar-refractivity contribution < 1.29 is 19.0 Å². The Kier molecular flexibility index (Phi) is 8.73. The SMILES string of the molecule is CN1CCC(Oc2ccc(C(=O)c3cc4sc5cc(OCc6ccccc6)ccc5c4c4ccc(OCc5ccccc5)cc34)cc2)CC1. The number of ketones is 1. The molecule has 1 aliphatic heterocycles. The maximum atomic E-state index is 14.3. The zero-order valence-electron chi connectivity index (χ0n) is 27.4. The Bertz CT molecular complexity index is 2240. The fraction of sp³-hybridized carbons (Fsp3) is 0.186. The summed E-state index contributed by atoms with van der Waals surface area (Å²) in [4.78, 5) is 16.6. The molecule has 0 bridgehead atoms. The van der Waals surface area contributed by atoms with Gasteiger partial charge in [0, 0.05) is 44.4 Å². The topological polar surface area (TPSA) is 48.0 Å². The minimum Gasteiger partial charge on any atom is -0.490 e. The van der Waals surface area contributed by atoms with Crippen LogP contribution in [-0.4, -0.2) is 36.9 Å². The molecule has 1 aliphatic rings. The molecular formula is C43H37NO4S. The lowest BCUT2D eigenvalue weighted by atomic mass is 9.94. The van der Waals surface area contributed by atoms with Crippen molar-refractivity contribution in [1.29, 1.82) is 0 Å². The number of fused-ring (bicyclic) bond motifs is 5. The number of thiophene rings is 1. The molecule has 0 saturated carbocycles. The highest BCUT2D eigenvalue weighted by Crippen LogP contribution is 2.42. The van der Waals surface area contributed by atoms with Crippen molar-refractivity contribution in [2.45, 2.75) is 32.2 Å². The van der Waals surface area contributed by atoms with Crippen LogP contribution in [0, 0.1) is 0 Å². The van der Waals surface area contributed by atoms with Crippen molar-refractivity contribution in [3.63, 3.8) is 0 Å². The van der Waals surface area contributed by atoms with Crippen LogP contribution < -0.4 is 14.2 Å². The first-order chi connectivity index (χ1) is 24.1. The molecule has 1 saturated heterocycles. The maximum absolute atomic E-state index is 14.3. The molecule has 2 heterocycles. The predicted octanol–water partition coefficient (Wildman–Crippen LogP) is 10.1. The number of ether oxygens (including phenoxy) is 3. The van der Waals surface area contributed by atoms with Gasteiger partial charge in [0.1, 0.15) is 36.6 Å². The quantitative estimate of drug-likeness (QED) is 0.136. The Morgan fingerprint density at radius 3 is 1.90 bits per heavy atom. The van der Waals surface area contributed by atoms with Crippen molar-refractivity contribution in [3.05, 3.63) is 150 Å². The second-order valence-electron chi connectivity index (χ2n) is 12.8. The Morgan fingerprint density at radius 2 is 1.24 bits per heavy atom. The third-order valence-corrected chi connectivity index (χ3v) is 10.4. The summed E-state index contributed by atoms with van der Waals surface area (Å²) in [6.07, 6.45) is 2.22. The summed E-state index contributed by atoms with van der Waals surface area (Å²) < 4.78 is 20.9. The molecule has 6 aromatic carbocycles. The van der Waals surface area contributed by atoms with Crippen LogP contribution in [0.25, 0.3) is 30.9 Å². The Hall–Kier alpha value is -5.17. The molecule has 8 rings (SSSR count). The van der Waals surface area contributed by atoms with Gasteiger partial charge in [0.05, 0.1) is 0 Å². The zero-order chi connectivity index (χ0) is 33.2. The molecule has 7 aromatic rings. The first-order valence-corrected chi connectivity index (χ1v) is 17.7. The molecule has 0 aliphatic carbocycles. The lowest BCUT2D eigenvalue weighted by Gasteiger charge is -2.29. The molecule has 0 radical (unpaired) electrons. The third-order valence-electron chi connectivity index (χ3n) is 9.34. The van der Waals surface area contributed by atoms with E-state index in [9.17, 15) is 4.79 Å². The number of carbonyl (C=O) groups is 1. The summed E-state index contributed by atoms with van der Waals surface area (Å²) in [5.74, 6) is 2.32. The minimum absolute atomic E-state index is 0.0257. The first-order valence-electron chi connectivity index (χ1n) is 16.8. The first kappa shape index (κ1) is 31.1. The van der Waals surface area contributed by atoms with E-state index in [0.29, 0.717) is 24.3 Å². The number of benzene rings is 6. The lowest BCUT2D eigenvalue weighted by Crippen LogP contribution is -2.35. The van der Waals surface area contributed by atoms with Crippen molar-refractivity contribution in [2.75, 3.05) is 20.1 Å². The Labute approximate surface area is 290 Å². The average molecular weight is 664 g/mol. The number of nitrogens with zero attached hydrogens (tertiary/aromatic N) is 1. The number of rotatable bonds is 10. The molecular weight excluding hydrogens is 627 g/mol. The van der Waals surface area contributed by atoms with E-state index in [1.54, 1.807) is 11.3 Å². The van der Waals surface area contributed by atoms with Gasteiger partial charge in [0.2, 0.25) is 0 Å². The second-order valence-corrected chi connectivity index (χ2v) is 13.9. The van der Waals surface area contributed by atoms with E-state index in [1.807, 2.05) is 78.9 Å². The van der Waals surface area contributed by atoms with Gasteiger partial charge in [-0.25, -0.2) is 0 Å². The van der Waals surface area contributed by atoms with E-state index in [-0.39, 0.29) is 11.9 Å². The molecule has 1 aromatic heterocycles. The molecule has 0 amide bonds. The zero-order valence-corrected chi connectivity index (χ0v) is 28.2. The third kappa shape index (κ3) is 6.75. The average Bonchev–Trinajstić information content (AvgIpc) is 3.52. The van der Waals surface area contributed by atoms with Crippen molar-refractivity contribution >= 4 is 48.1 Å². The number of hydrogen-bond donors (Lipinski definition) is 0. The van der Waals surface area contributed by atoms with Gasteiger partial charge in [0.15, 0.2) is 5.78 Å². The largest absolute Gasteiger partial charge is 0.490 e. The van der Waals surface area contributed by atoms with E-state index < -0.39 is 0 Å². The summed E-state index contributed by atoms with van der Waals surface area (Å²) in [5.41, 5.74) is 3.50. The summed E-state index contributed by atoms with van der Waals surface area (Å²) in [6.45, 7) is 3.03. The molecule has 0 atom stereocenters. The van der Waals surface area contributed by atoms with Crippen LogP contribution >= 0.6 is 11.3 Å². The van der Waals surface area contributed by atoms with Crippen LogP contribution in [0.2, 0.25) is 0 Å². The van der Waals surface area contributed by atoms with E-state index in [1.165, 1.54) is 0 Å². The van der Waals surface area contributed by atoms with Crippen LogP contribution in [0.4, 0.5) is 0 Å². The highest BCUT2D eigenvalue weighted by molar-refractivity contribution is 7.26. The lowest BCUT2D eigenvalue weighted by molar-refractivity contribution is 0.104. The molecule has 6 heteroatoms. The van der Waals surface area contributed by atoms with Gasteiger partial charge in [0.25, 0.3) is 0 Å². The molecule has 0 unspecified atom stereocenters. The number of likely N-dealkylation sites (tertiary alicyclic amines) is 1. The smallest absolute Gasteiger partial charge is 0.193 e. The van der Waals surface area contributed by atoms with Gasteiger partial charge < -0.3 is 19.1 Å². The van der Waals surface area contributed by atoms with Gasteiger partial charge in [-0.05, 0) is 109 Å². The highest BCUT2D eigenvalue weighted by atomic mass is 32.1. The van der Waals surface area contributed by atoms with Crippen LogP contribution in [-0.2, 0) is 13.2 Å². The predicted molar refractivity (Wildman–Crippen MR) is 199 cm³/mol. The Balaban J connectivity index is 1.15. The standard InChI is InChI=1S/C43H37NO4S/c1-44-22-20-33(21-23-44)48-32-14-12-31(13-15-32)43(45)39-26-41-42(36-18-16-34(24-38(36)39)46-27-29-8-4-2-5-9-29)37-19-17-35(25-40(37)49-41)47-28-30-10-6-3-7-11-30/h2-19,24-26,33H,20-23,27-28H2,1H3. The van der Waals surface area contributed by atoms with Gasteiger partial charge in [-0.1, -0.05) is 60.7 Å². The van der Waals surface area contributed by atoms with Crippen LogP contribution in [0.5, 0.6) is 17.2 Å². The summed E-state index contributed by atoms with van der Waals surface area (Å²) in [5, 5.41) is 4.18. The van der Waals surface area contributed by atoms with E-state index in [2.05, 4.69) is 60.5 Å². The van der Waals surface area contributed by atoms with Crippen molar-refractivity contribution in [2.24, 2.45) is 0 Å². The summed E-state index contributed by atoms with van der Waals surface area (Å²) in [6, 6.07) is 42.4. The van der Waals surface area contributed by atoms with Gasteiger partial charge in [-0.2, -0.15) is 0 Å². The van der Waals surface area contributed by atoms with Gasteiger partial charge >= 0.3 is 0 Å². The molecule has 5 nitrogen and oxygen atoms in total. The second kappa shape index (κ2) is 13.7. The van der Waals surface area contributed by atoms with Crippen molar-refractivity contribution in [1.82, 2.24) is 4.90 Å². The fourth-order valence-corrected chi connectivity index (χ4v) is 7.82. The highest BCUT2D eigenvalue weighted by Gasteiger charge is 2.21.